The molecule has 0 saturated carbocycles. The number of anilines is 2. The minimum atomic E-state index is 0.00688. The van der Waals surface area contributed by atoms with E-state index in [1.54, 1.807) is 25.3 Å². The number of carbonyl (C=O) groups excluding carboxylic acids is 1. The van der Waals surface area contributed by atoms with E-state index >= 15 is 0 Å². The Bertz CT molecular complexity index is 422. The van der Waals surface area contributed by atoms with Crippen molar-refractivity contribution in [1.29, 1.82) is 0 Å². The van der Waals surface area contributed by atoms with Crippen LogP contribution in [0.2, 0.25) is 0 Å². The molecule has 1 rings (SSSR count). The summed E-state index contributed by atoms with van der Waals surface area (Å²) in [5.41, 5.74) is 6.94. The maximum Gasteiger partial charge on any atom is 0.224 e. The maximum atomic E-state index is 11.8. The van der Waals surface area contributed by atoms with Crippen LogP contribution in [-0.4, -0.2) is 24.0 Å². The van der Waals surface area contributed by atoms with Crippen molar-refractivity contribution >= 4 is 29.0 Å². The second-order valence-corrected chi connectivity index (χ2v) is 6.22. The molecule has 1 amide bonds. The first-order valence-corrected chi connectivity index (χ1v) is 7.42. The van der Waals surface area contributed by atoms with Crippen LogP contribution in [-0.2, 0) is 4.79 Å². The Morgan fingerprint density at radius 3 is 2.84 bits per heavy atom. The molecule has 0 aliphatic carbocycles. The third-order valence-corrected chi connectivity index (χ3v) is 3.69. The van der Waals surface area contributed by atoms with Gasteiger partial charge in [-0.25, -0.2) is 0 Å². The standard InChI is InChI=1S/C14H22N2O2S/c1-10(2)19-8-4-5-14(17)16-12-7-6-11(15)9-13(12)18-3/h6-7,9-10H,4-5,8,15H2,1-3H3,(H,16,17). The van der Waals surface area contributed by atoms with Crippen LogP contribution < -0.4 is 15.8 Å². The fourth-order valence-corrected chi connectivity index (χ4v) is 2.36. The SMILES string of the molecule is COc1cc(N)ccc1NC(=O)CCCSC(C)C. The molecule has 0 saturated heterocycles. The first-order valence-electron chi connectivity index (χ1n) is 6.38. The molecule has 0 atom stereocenters. The van der Waals surface area contributed by atoms with Crippen molar-refractivity contribution in [1.82, 2.24) is 0 Å². The van der Waals surface area contributed by atoms with E-state index in [2.05, 4.69) is 19.2 Å². The van der Waals surface area contributed by atoms with E-state index in [-0.39, 0.29) is 5.91 Å². The molecule has 0 fully saturated rings. The summed E-state index contributed by atoms with van der Waals surface area (Å²) in [5.74, 6) is 1.60. The molecule has 106 valence electrons. The molecule has 0 heterocycles. The number of carbonyl (C=O) groups is 1. The number of benzene rings is 1. The molecule has 5 heteroatoms. The molecule has 19 heavy (non-hydrogen) atoms. The van der Waals surface area contributed by atoms with Gasteiger partial charge in [-0.2, -0.15) is 11.8 Å². The van der Waals surface area contributed by atoms with Crippen molar-refractivity contribution in [3.8, 4) is 5.75 Å². The van der Waals surface area contributed by atoms with Gasteiger partial charge in [0.15, 0.2) is 0 Å². The zero-order valence-corrected chi connectivity index (χ0v) is 12.5. The Kier molecular flexibility index (Phi) is 6.56. The van der Waals surface area contributed by atoms with Gasteiger partial charge >= 0.3 is 0 Å². The zero-order chi connectivity index (χ0) is 14.3. The highest BCUT2D eigenvalue weighted by Crippen LogP contribution is 2.26. The first kappa shape index (κ1) is 15.7. The second-order valence-electron chi connectivity index (χ2n) is 4.53. The van der Waals surface area contributed by atoms with Crippen molar-refractivity contribution in [2.45, 2.75) is 31.9 Å². The molecular weight excluding hydrogens is 260 g/mol. The summed E-state index contributed by atoms with van der Waals surface area (Å²) >= 11 is 1.87. The number of methoxy groups -OCH3 is 1. The van der Waals surface area contributed by atoms with Crippen LogP contribution in [0.4, 0.5) is 11.4 Å². The van der Waals surface area contributed by atoms with E-state index in [1.807, 2.05) is 11.8 Å². The summed E-state index contributed by atoms with van der Waals surface area (Å²) in [6.07, 6.45) is 1.40. The van der Waals surface area contributed by atoms with E-state index in [9.17, 15) is 4.79 Å². The number of nitrogens with two attached hydrogens (primary N) is 1. The number of nitrogens with one attached hydrogen (secondary N) is 1. The summed E-state index contributed by atoms with van der Waals surface area (Å²) < 4.78 is 5.19. The fraction of sp³-hybridized carbons (Fsp3) is 0.500. The molecule has 0 unspecified atom stereocenters. The molecule has 0 radical (unpaired) electrons. The monoisotopic (exact) mass is 282 g/mol. The van der Waals surface area contributed by atoms with Gasteiger partial charge in [-0.15, -0.1) is 0 Å². The minimum Gasteiger partial charge on any atom is -0.494 e. The van der Waals surface area contributed by atoms with Crippen LogP contribution >= 0.6 is 11.8 Å². The molecule has 0 aromatic heterocycles. The van der Waals surface area contributed by atoms with Gasteiger partial charge in [0.25, 0.3) is 0 Å². The number of rotatable bonds is 7. The van der Waals surface area contributed by atoms with Crippen molar-refractivity contribution in [3.05, 3.63) is 18.2 Å². The lowest BCUT2D eigenvalue weighted by Gasteiger charge is -2.11. The first-order chi connectivity index (χ1) is 9.02. The van der Waals surface area contributed by atoms with Crippen LogP contribution in [0.1, 0.15) is 26.7 Å². The van der Waals surface area contributed by atoms with E-state index in [0.29, 0.717) is 28.8 Å². The van der Waals surface area contributed by atoms with Gasteiger partial charge < -0.3 is 15.8 Å². The summed E-state index contributed by atoms with van der Waals surface area (Å²) in [6.45, 7) is 4.31. The quantitative estimate of drug-likeness (QED) is 0.595. The van der Waals surface area contributed by atoms with E-state index in [1.165, 1.54) is 0 Å². The van der Waals surface area contributed by atoms with Crippen LogP contribution in [0.25, 0.3) is 0 Å². The topological polar surface area (TPSA) is 64.3 Å². The largest absolute Gasteiger partial charge is 0.494 e. The van der Waals surface area contributed by atoms with Gasteiger partial charge in [0.2, 0.25) is 5.91 Å². The summed E-state index contributed by atoms with van der Waals surface area (Å²) in [4.78, 5) is 11.8. The minimum absolute atomic E-state index is 0.00688. The molecule has 4 nitrogen and oxygen atoms in total. The summed E-state index contributed by atoms with van der Waals surface area (Å²) in [5, 5.41) is 3.46. The number of nitrogen functional groups attached to an aromatic ring is 1. The Labute approximate surface area is 119 Å². The van der Waals surface area contributed by atoms with Crippen molar-refractivity contribution in [2.24, 2.45) is 0 Å². The molecule has 1 aromatic carbocycles. The van der Waals surface area contributed by atoms with Crippen LogP contribution in [0.5, 0.6) is 5.75 Å². The number of hydrogen-bond acceptors (Lipinski definition) is 4. The van der Waals surface area contributed by atoms with Gasteiger partial charge in [-0.1, -0.05) is 13.8 Å². The summed E-state index contributed by atoms with van der Waals surface area (Å²) in [7, 11) is 1.56. The molecule has 0 bridgehead atoms. The predicted octanol–water partition coefficient (Wildman–Crippen LogP) is 3.14. The highest BCUT2D eigenvalue weighted by molar-refractivity contribution is 7.99. The fourth-order valence-electron chi connectivity index (χ4n) is 1.58. The number of amides is 1. The number of thioether (sulfide) groups is 1. The third kappa shape index (κ3) is 5.87. The Balaban J connectivity index is 2.44. The van der Waals surface area contributed by atoms with Crippen LogP contribution in [0, 0.1) is 0 Å². The Morgan fingerprint density at radius 2 is 2.21 bits per heavy atom. The van der Waals surface area contributed by atoms with Crippen molar-refractivity contribution < 1.29 is 9.53 Å². The summed E-state index contributed by atoms with van der Waals surface area (Å²) in [6, 6.07) is 5.20. The highest BCUT2D eigenvalue weighted by Gasteiger charge is 2.08. The van der Waals surface area contributed by atoms with E-state index < -0.39 is 0 Å². The van der Waals surface area contributed by atoms with E-state index in [0.717, 1.165) is 12.2 Å². The number of hydrogen-bond donors (Lipinski definition) is 2. The average molecular weight is 282 g/mol. The molecular formula is C14H22N2O2S. The molecule has 0 spiro atoms. The lowest BCUT2D eigenvalue weighted by atomic mass is 10.2. The average Bonchev–Trinajstić information content (AvgIpc) is 2.36. The van der Waals surface area contributed by atoms with E-state index in [4.69, 9.17) is 10.5 Å². The Hall–Kier alpha value is -1.36. The van der Waals surface area contributed by atoms with Crippen molar-refractivity contribution in [3.63, 3.8) is 0 Å². The molecule has 0 aliphatic rings. The van der Waals surface area contributed by atoms with Crippen LogP contribution in [0.3, 0.4) is 0 Å². The van der Waals surface area contributed by atoms with Gasteiger partial charge in [-0.05, 0) is 29.6 Å². The van der Waals surface area contributed by atoms with Crippen LogP contribution in [0.15, 0.2) is 18.2 Å². The predicted molar refractivity (Wildman–Crippen MR) is 82.9 cm³/mol. The third-order valence-electron chi connectivity index (χ3n) is 2.50. The van der Waals surface area contributed by atoms with Gasteiger partial charge in [0.1, 0.15) is 5.75 Å². The Morgan fingerprint density at radius 1 is 1.47 bits per heavy atom. The second kappa shape index (κ2) is 7.94. The van der Waals surface area contributed by atoms with Gasteiger partial charge in [0, 0.05) is 18.2 Å². The molecule has 1 aromatic rings. The lowest BCUT2D eigenvalue weighted by molar-refractivity contribution is -0.116. The molecule has 3 N–H and O–H groups in total. The maximum absolute atomic E-state index is 11.8. The van der Waals surface area contributed by atoms with Gasteiger partial charge in [0.05, 0.1) is 12.8 Å². The molecule has 0 aliphatic heterocycles. The van der Waals surface area contributed by atoms with Crippen molar-refractivity contribution in [2.75, 3.05) is 23.9 Å². The zero-order valence-electron chi connectivity index (χ0n) is 11.7. The van der Waals surface area contributed by atoms with Gasteiger partial charge in [-0.3, -0.25) is 4.79 Å². The number of ether oxygens (including phenoxy) is 1. The lowest BCUT2D eigenvalue weighted by Crippen LogP contribution is -2.12. The normalized spacial score (nSPS) is 10.5. The highest BCUT2D eigenvalue weighted by atomic mass is 32.2. The smallest absolute Gasteiger partial charge is 0.224 e.